The number of amides is 1. The predicted octanol–water partition coefficient (Wildman–Crippen LogP) is 4.69. The molecule has 0 aromatic heterocycles. The highest BCUT2D eigenvalue weighted by atomic mass is 79.9. The monoisotopic (exact) mass is 381 g/mol. The van der Waals surface area contributed by atoms with E-state index in [0.29, 0.717) is 6.54 Å². The van der Waals surface area contributed by atoms with Gasteiger partial charge in [-0.1, -0.05) is 39.7 Å². The quantitative estimate of drug-likeness (QED) is 0.755. The number of carbonyl (C=O) groups is 1. The Morgan fingerprint density at radius 2 is 2.00 bits per heavy atom. The number of nitrogens with one attached hydrogen (secondary N) is 1. The standard InChI is InChI=1S/C18H21BrClNO/c19-18-8-13-4-14(9-18)7-17(6-13,11-18)16(22)21-10-12-2-1-3-15(20)5-12/h1-3,5,13-14H,4,6-11H2,(H,21,22)/t13-,14+,17?,18?. The molecule has 4 bridgehead atoms. The van der Waals surface area contributed by atoms with E-state index in [4.69, 9.17) is 11.6 Å². The van der Waals surface area contributed by atoms with Crippen molar-refractivity contribution < 1.29 is 4.79 Å². The third-order valence-corrected chi connectivity index (χ3v) is 6.98. The van der Waals surface area contributed by atoms with Gasteiger partial charge in [-0.25, -0.2) is 0 Å². The largest absolute Gasteiger partial charge is 0.352 e. The Labute approximate surface area is 145 Å². The summed E-state index contributed by atoms with van der Waals surface area (Å²) in [7, 11) is 0. The van der Waals surface area contributed by atoms with Gasteiger partial charge in [0.15, 0.2) is 0 Å². The fourth-order valence-corrected chi connectivity index (χ4v) is 7.10. The molecule has 1 aromatic carbocycles. The molecule has 2 unspecified atom stereocenters. The van der Waals surface area contributed by atoms with Crippen LogP contribution in [0.25, 0.3) is 0 Å². The van der Waals surface area contributed by atoms with Crippen molar-refractivity contribution in [3.05, 3.63) is 34.9 Å². The van der Waals surface area contributed by atoms with Crippen LogP contribution in [0.1, 0.15) is 44.1 Å². The molecule has 4 atom stereocenters. The Balaban J connectivity index is 1.48. The van der Waals surface area contributed by atoms with Crippen molar-refractivity contribution in [1.29, 1.82) is 0 Å². The average molecular weight is 383 g/mol. The Morgan fingerprint density at radius 3 is 2.64 bits per heavy atom. The van der Waals surface area contributed by atoms with E-state index in [2.05, 4.69) is 21.2 Å². The van der Waals surface area contributed by atoms with Crippen LogP contribution in [0.15, 0.2) is 24.3 Å². The molecule has 2 nitrogen and oxygen atoms in total. The number of hydrogen-bond donors (Lipinski definition) is 1. The van der Waals surface area contributed by atoms with Gasteiger partial charge in [-0.15, -0.1) is 0 Å². The van der Waals surface area contributed by atoms with Crippen LogP contribution in [-0.2, 0) is 11.3 Å². The molecule has 4 aliphatic rings. The maximum atomic E-state index is 12.9. The highest BCUT2D eigenvalue weighted by molar-refractivity contribution is 9.10. The van der Waals surface area contributed by atoms with Gasteiger partial charge in [-0.05, 0) is 68.1 Å². The number of carbonyl (C=O) groups excluding carboxylic acids is 1. The summed E-state index contributed by atoms with van der Waals surface area (Å²) in [6.07, 6.45) is 7.02. The van der Waals surface area contributed by atoms with Gasteiger partial charge in [0.2, 0.25) is 5.91 Å². The zero-order valence-corrected chi connectivity index (χ0v) is 14.9. The molecular formula is C18H21BrClNO. The minimum Gasteiger partial charge on any atom is -0.352 e. The normalized spacial score (nSPS) is 39.0. The van der Waals surface area contributed by atoms with Crippen LogP contribution < -0.4 is 5.32 Å². The van der Waals surface area contributed by atoms with Crippen molar-refractivity contribution in [3.8, 4) is 0 Å². The lowest BCUT2D eigenvalue weighted by Crippen LogP contribution is -2.58. The van der Waals surface area contributed by atoms with Crippen LogP contribution in [-0.4, -0.2) is 10.2 Å². The minimum atomic E-state index is -0.133. The Bertz CT molecular complexity index is 603. The van der Waals surface area contributed by atoms with Gasteiger partial charge < -0.3 is 5.32 Å². The van der Waals surface area contributed by atoms with E-state index in [9.17, 15) is 4.79 Å². The molecule has 0 saturated heterocycles. The van der Waals surface area contributed by atoms with Gasteiger partial charge >= 0.3 is 0 Å². The highest BCUT2D eigenvalue weighted by Gasteiger charge is 2.59. The predicted molar refractivity (Wildman–Crippen MR) is 92.1 cm³/mol. The fraction of sp³-hybridized carbons (Fsp3) is 0.611. The van der Waals surface area contributed by atoms with Crippen LogP contribution in [0.4, 0.5) is 0 Å². The SMILES string of the molecule is O=C(NCc1cccc(Cl)c1)C12C[C@@H]3C[C@@H](CC(Br)(C3)C1)C2. The molecule has 0 spiro atoms. The number of alkyl halides is 1. The topological polar surface area (TPSA) is 29.1 Å². The van der Waals surface area contributed by atoms with Gasteiger partial charge in [-0.3, -0.25) is 4.79 Å². The van der Waals surface area contributed by atoms with Gasteiger partial charge in [0.1, 0.15) is 0 Å². The Morgan fingerprint density at radius 1 is 1.27 bits per heavy atom. The minimum absolute atomic E-state index is 0.133. The van der Waals surface area contributed by atoms with Crippen LogP contribution in [0.5, 0.6) is 0 Å². The maximum Gasteiger partial charge on any atom is 0.226 e. The summed E-state index contributed by atoms with van der Waals surface area (Å²) < 4.78 is 0.227. The van der Waals surface area contributed by atoms with Crippen molar-refractivity contribution in [2.75, 3.05) is 0 Å². The molecule has 0 heterocycles. The lowest BCUT2D eigenvalue weighted by molar-refractivity contribution is -0.144. The number of hydrogen-bond acceptors (Lipinski definition) is 1. The summed E-state index contributed by atoms with van der Waals surface area (Å²) in [5.74, 6) is 1.72. The molecule has 0 aliphatic heterocycles. The summed E-state index contributed by atoms with van der Waals surface area (Å²) in [5.41, 5.74) is 0.936. The van der Waals surface area contributed by atoms with E-state index in [0.717, 1.165) is 41.7 Å². The van der Waals surface area contributed by atoms with E-state index in [1.54, 1.807) is 0 Å². The zero-order chi connectivity index (χ0) is 15.4. The first kappa shape index (κ1) is 15.0. The van der Waals surface area contributed by atoms with Crippen LogP contribution >= 0.6 is 27.5 Å². The van der Waals surface area contributed by atoms with E-state index in [-0.39, 0.29) is 15.6 Å². The second-order valence-electron chi connectivity index (χ2n) is 7.70. The van der Waals surface area contributed by atoms with Gasteiger partial charge in [-0.2, -0.15) is 0 Å². The first-order valence-electron chi connectivity index (χ1n) is 8.18. The summed E-state index contributed by atoms with van der Waals surface area (Å²) in [6, 6.07) is 7.73. The smallest absolute Gasteiger partial charge is 0.226 e. The van der Waals surface area contributed by atoms with E-state index in [1.807, 2.05) is 24.3 Å². The maximum absolute atomic E-state index is 12.9. The summed E-state index contributed by atoms with van der Waals surface area (Å²) >= 11 is 9.98. The molecular weight excluding hydrogens is 362 g/mol. The molecule has 5 rings (SSSR count). The van der Waals surface area contributed by atoms with Crippen molar-refractivity contribution in [2.45, 2.75) is 49.4 Å². The lowest BCUT2D eigenvalue weighted by Gasteiger charge is -2.59. The van der Waals surface area contributed by atoms with Crippen LogP contribution in [0, 0.1) is 17.3 Å². The summed E-state index contributed by atoms with van der Waals surface area (Å²) in [5, 5.41) is 3.91. The zero-order valence-electron chi connectivity index (χ0n) is 12.6. The molecule has 22 heavy (non-hydrogen) atoms. The first-order valence-corrected chi connectivity index (χ1v) is 9.35. The molecule has 4 aliphatic carbocycles. The van der Waals surface area contributed by atoms with E-state index >= 15 is 0 Å². The number of rotatable bonds is 3. The lowest BCUT2D eigenvalue weighted by atomic mass is 9.49. The van der Waals surface area contributed by atoms with Gasteiger partial charge in [0.05, 0.1) is 5.41 Å². The average Bonchev–Trinajstić information content (AvgIpc) is 2.42. The number of benzene rings is 1. The highest BCUT2D eigenvalue weighted by Crippen LogP contribution is 2.64. The van der Waals surface area contributed by atoms with Crippen LogP contribution in [0.2, 0.25) is 5.02 Å². The third kappa shape index (κ3) is 2.60. The molecule has 4 heteroatoms. The molecule has 118 valence electrons. The second kappa shape index (κ2) is 5.24. The van der Waals surface area contributed by atoms with Gasteiger partial charge in [0, 0.05) is 15.9 Å². The van der Waals surface area contributed by atoms with Crippen molar-refractivity contribution >= 4 is 33.4 Å². The summed E-state index contributed by atoms with van der Waals surface area (Å²) in [4.78, 5) is 12.9. The molecule has 4 fully saturated rings. The molecule has 1 aromatic rings. The Kier molecular flexibility index (Phi) is 3.58. The summed E-state index contributed by atoms with van der Waals surface area (Å²) in [6.45, 7) is 0.575. The Hall–Kier alpha value is -0.540. The molecule has 4 saturated carbocycles. The third-order valence-electron chi connectivity index (χ3n) is 5.81. The second-order valence-corrected chi connectivity index (χ2v) is 9.82. The van der Waals surface area contributed by atoms with Crippen LogP contribution in [0.3, 0.4) is 0 Å². The van der Waals surface area contributed by atoms with E-state index in [1.165, 1.54) is 19.3 Å². The molecule has 0 radical (unpaired) electrons. The molecule has 1 N–H and O–H groups in total. The van der Waals surface area contributed by atoms with Crippen molar-refractivity contribution in [1.82, 2.24) is 5.32 Å². The van der Waals surface area contributed by atoms with E-state index < -0.39 is 0 Å². The fourth-order valence-electron chi connectivity index (χ4n) is 5.43. The number of halogens is 2. The van der Waals surface area contributed by atoms with Crippen molar-refractivity contribution in [2.24, 2.45) is 17.3 Å². The molecule has 1 amide bonds. The first-order chi connectivity index (χ1) is 10.5. The van der Waals surface area contributed by atoms with Crippen molar-refractivity contribution in [3.63, 3.8) is 0 Å². The van der Waals surface area contributed by atoms with Gasteiger partial charge in [0.25, 0.3) is 0 Å².